The number of rotatable bonds is 6. The smallest absolute Gasteiger partial charge is 0.323 e. The summed E-state index contributed by atoms with van der Waals surface area (Å²) in [4.78, 5) is 39.6. The lowest BCUT2D eigenvalue weighted by Crippen LogP contribution is -2.43. The minimum Gasteiger partial charge on any atom is -0.480 e. The Hall–Kier alpha value is -1.89. The van der Waals surface area contributed by atoms with Crippen LogP contribution >= 0.6 is 11.3 Å². The van der Waals surface area contributed by atoms with Gasteiger partial charge in [-0.3, -0.25) is 14.4 Å². The number of thiophene rings is 1. The van der Waals surface area contributed by atoms with E-state index in [2.05, 4.69) is 0 Å². The maximum Gasteiger partial charge on any atom is 0.323 e. The number of carbonyl (C=O) groups excluding carboxylic acids is 2. The molecule has 0 spiro atoms. The van der Waals surface area contributed by atoms with Gasteiger partial charge in [-0.05, 0) is 37.1 Å². The van der Waals surface area contributed by atoms with E-state index in [0.717, 1.165) is 19.3 Å². The molecular weight excluding hydrogens is 328 g/mol. The van der Waals surface area contributed by atoms with Crippen molar-refractivity contribution in [3.63, 3.8) is 0 Å². The van der Waals surface area contributed by atoms with Crippen LogP contribution in [-0.2, 0) is 20.8 Å². The topological polar surface area (TPSA) is 77.9 Å². The number of amides is 2. The number of hydrogen-bond acceptors (Lipinski definition) is 4. The van der Waals surface area contributed by atoms with Crippen LogP contribution in [0, 0.1) is 0 Å². The molecule has 1 aromatic heterocycles. The van der Waals surface area contributed by atoms with Gasteiger partial charge in [0.1, 0.15) is 6.54 Å². The summed E-state index contributed by atoms with van der Waals surface area (Å²) in [6.07, 6.45) is 3.42. The van der Waals surface area contributed by atoms with Crippen LogP contribution in [0.25, 0.3) is 0 Å². The van der Waals surface area contributed by atoms with E-state index in [1.165, 1.54) is 16.7 Å². The zero-order valence-electron chi connectivity index (χ0n) is 13.9. The van der Waals surface area contributed by atoms with Crippen molar-refractivity contribution in [2.45, 2.75) is 45.1 Å². The van der Waals surface area contributed by atoms with Gasteiger partial charge >= 0.3 is 5.97 Å². The van der Waals surface area contributed by atoms with Gasteiger partial charge in [0.05, 0.1) is 0 Å². The number of hydrogen-bond donors (Lipinski definition) is 1. The number of carbonyl (C=O) groups is 3. The van der Waals surface area contributed by atoms with Crippen LogP contribution in [0.15, 0.2) is 17.5 Å². The molecule has 2 amide bonds. The summed E-state index contributed by atoms with van der Waals surface area (Å²) in [6, 6.07) is 3.92. The SMILES string of the molecule is CC(=O)N(CC(=O)O)C1CCCN(C(=O)CCc2cccs2)CC1. The van der Waals surface area contributed by atoms with Gasteiger partial charge in [0.25, 0.3) is 0 Å². The molecule has 1 aliphatic rings. The first-order valence-electron chi connectivity index (χ1n) is 8.26. The van der Waals surface area contributed by atoms with Gasteiger partial charge in [0.2, 0.25) is 11.8 Å². The van der Waals surface area contributed by atoms with Gasteiger partial charge in [0.15, 0.2) is 0 Å². The highest BCUT2D eigenvalue weighted by molar-refractivity contribution is 7.09. The Labute approximate surface area is 146 Å². The molecule has 1 aromatic rings. The molecule has 7 heteroatoms. The molecule has 0 saturated carbocycles. The predicted molar refractivity (Wildman–Crippen MR) is 91.9 cm³/mol. The summed E-state index contributed by atoms with van der Waals surface area (Å²) in [5.74, 6) is -1.09. The van der Waals surface area contributed by atoms with Gasteiger partial charge in [-0.2, -0.15) is 0 Å². The predicted octanol–water partition coefficient (Wildman–Crippen LogP) is 1.99. The number of likely N-dealkylation sites (tertiary alicyclic amines) is 1. The van der Waals surface area contributed by atoms with Crippen molar-refractivity contribution in [1.82, 2.24) is 9.80 Å². The number of aryl methyl sites for hydroxylation is 1. The lowest BCUT2D eigenvalue weighted by molar-refractivity contribution is -0.145. The highest BCUT2D eigenvalue weighted by Crippen LogP contribution is 2.19. The van der Waals surface area contributed by atoms with Crippen molar-refractivity contribution < 1.29 is 19.5 Å². The van der Waals surface area contributed by atoms with E-state index in [1.807, 2.05) is 22.4 Å². The third kappa shape index (κ3) is 5.33. The number of nitrogens with zero attached hydrogens (tertiary/aromatic N) is 2. The van der Waals surface area contributed by atoms with Crippen LogP contribution in [0.2, 0.25) is 0 Å². The van der Waals surface area contributed by atoms with Gasteiger partial charge in [-0.25, -0.2) is 0 Å². The first-order chi connectivity index (χ1) is 11.5. The van der Waals surface area contributed by atoms with E-state index < -0.39 is 5.97 Å². The highest BCUT2D eigenvalue weighted by atomic mass is 32.1. The average Bonchev–Trinajstić information content (AvgIpc) is 2.93. The van der Waals surface area contributed by atoms with Crippen molar-refractivity contribution in [3.8, 4) is 0 Å². The molecule has 1 N–H and O–H groups in total. The van der Waals surface area contributed by atoms with E-state index in [-0.39, 0.29) is 24.4 Å². The second-order valence-corrected chi connectivity index (χ2v) is 7.12. The fraction of sp³-hybridized carbons (Fsp3) is 0.588. The molecule has 0 aliphatic carbocycles. The maximum absolute atomic E-state index is 12.4. The molecule has 1 saturated heterocycles. The number of aliphatic carboxylic acids is 1. The van der Waals surface area contributed by atoms with Gasteiger partial charge in [-0.1, -0.05) is 6.07 Å². The molecule has 1 unspecified atom stereocenters. The van der Waals surface area contributed by atoms with Gasteiger partial charge in [-0.15, -0.1) is 11.3 Å². The molecule has 1 atom stereocenters. The number of carboxylic acids is 1. The fourth-order valence-electron chi connectivity index (χ4n) is 3.13. The molecule has 6 nitrogen and oxygen atoms in total. The minimum atomic E-state index is -1.00. The lowest BCUT2D eigenvalue weighted by Gasteiger charge is -2.28. The summed E-state index contributed by atoms with van der Waals surface area (Å²) < 4.78 is 0. The number of carboxylic acid groups (broad SMARTS) is 1. The standard InChI is InChI=1S/C17H24N2O4S/c1-13(20)19(12-17(22)23)14-4-2-9-18(10-8-14)16(21)7-6-15-5-3-11-24-15/h3,5,11,14H,2,4,6-10,12H2,1H3,(H,22,23). The van der Waals surface area contributed by atoms with Crippen LogP contribution in [0.1, 0.15) is 37.5 Å². The van der Waals surface area contributed by atoms with Crippen LogP contribution in [0.4, 0.5) is 0 Å². The van der Waals surface area contributed by atoms with Crippen LogP contribution in [0.3, 0.4) is 0 Å². The van der Waals surface area contributed by atoms with E-state index >= 15 is 0 Å². The summed E-state index contributed by atoms with van der Waals surface area (Å²) >= 11 is 1.66. The van der Waals surface area contributed by atoms with Crippen molar-refractivity contribution >= 4 is 29.1 Å². The Bertz CT molecular complexity index is 573. The quantitative estimate of drug-likeness (QED) is 0.849. The summed E-state index contributed by atoms with van der Waals surface area (Å²) in [7, 11) is 0. The monoisotopic (exact) mass is 352 g/mol. The summed E-state index contributed by atoms with van der Waals surface area (Å²) in [6.45, 7) is 2.39. The normalized spacial score (nSPS) is 18.0. The lowest BCUT2D eigenvalue weighted by atomic mass is 10.1. The van der Waals surface area contributed by atoms with E-state index in [9.17, 15) is 14.4 Å². The second-order valence-electron chi connectivity index (χ2n) is 6.09. The molecule has 0 bridgehead atoms. The molecule has 132 valence electrons. The van der Waals surface area contributed by atoms with Crippen molar-refractivity contribution in [3.05, 3.63) is 22.4 Å². The third-order valence-electron chi connectivity index (χ3n) is 4.37. The average molecular weight is 352 g/mol. The van der Waals surface area contributed by atoms with Crippen LogP contribution in [0.5, 0.6) is 0 Å². The molecular formula is C17H24N2O4S. The van der Waals surface area contributed by atoms with Gasteiger partial charge in [0, 0.05) is 37.4 Å². The second kappa shape index (κ2) is 8.82. The maximum atomic E-state index is 12.4. The summed E-state index contributed by atoms with van der Waals surface area (Å²) in [5, 5.41) is 11.0. The van der Waals surface area contributed by atoms with Crippen molar-refractivity contribution in [2.24, 2.45) is 0 Å². The first-order valence-corrected chi connectivity index (χ1v) is 9.14. The Balaban J connectivity index is 1.87. The molecule has 2 heterocycles. The Morgan fingerprint density at radius 2 is 2.12 bits per heavy atom. The Kier molecular flexibility index (Phi) is 6.78. The zero-order chi connectivity index (χ0) is 17.5. The molecule has 1 fully saturated rings. The van der Waals surface area contributed by atoms with Crippen LogP contribution in [-0.4, -0.2) is 58.4 Å². The molecule has 0 aromatic carbocycles. The summed E-state index contributed by atoms with van der Waals surface area (Å²) in [5.41, 5.74) is 0. The Morgan fingerprint density at radius 3 is 2.75 bits per heavy atom. The van der Waals surface area contributed by atoms with Gasteiger partial charge < -0.3 is 14.9 Å². The molecule has 0 radical (unpaired) electrons. The van der Waals surface area contributed by atoms with Crippen molar-refractivity contribution in [1.29, 1.82) is 0 Å². The highest BCUT2D eigenvalue weighted by Gasteiger charge is 2.27. The largest absolute Gasteiger partial charge is 0.480 e. The molecule has 2 rings (SSSR count). The Morgan fingerprint density at radius 1 is 1.33 bits per heavy atom. The van der Waals surface area contributed by atoms with Crippen LogP contribution < -0.4 is 0 Å². The van der Waals surface area contributed by atoms with E-state index in [1.54, 1.807) is 11.3 Å². The zero-order valence-corrected chi connectivity index (χ0v) is 14.8. The first kappa shape index (κ1) is 18.4. The third-order valence-corrected chi connectivity index (χ3v) is 5.30. The van der Waals surface area contributed by atoms with Crippen molar-refractivity contribution in [2.75, 3.05) is 19.6 Å². The molecule has 24 heavy (non-hydrogen) atoms. The fourth-order valence-corrected chi connectivity index (χ4v) is 3.84. The van der Waals surface area contributed by atoms with E-state index in [0.29, 0.717) is 25.9 Å². The minimum absolute atomic E-state index is 0.103. The van der Waals surface area contributed by atoms with E-state index in [4.69, 9.17) is 5.11 Å². The molecule has 1 aliphatic heterocycles.